The quantitative estimate of drug-likeness (QED) is 0.396. The summed E-state index contributed by atoms with van der Waals surface area (Å²) in [7, 11) is 0. The van der Waals surface area contributed by atoms with E-state index >= 15 is 0 Å². The van der Waals surface area contributed by atoms with Crippen LogP contribution >= 0.6 is 12.6 Å². The van der Waals surface area contributed by atoms with Crippen molar-refractivity contribution in [2.24, 2.45) is 11.3 Å². The molecule has 2 N–H and O–H groups in total. The minimum atomic E-state index is -0.921. The van der Waals surface area contributed by atoms with Crippen molar-refractivity contribution in [2.75, 3.05) is 6.54 Å². The Bertz CT molecular complexity index is 960. The minimum Gasteiger partial charge on any atom is -0.481 e. The minimum absolute atomic E-state index is 0.0796. The second kappa shape index (κ2) is 11.9. The van der Waals surface area contributed by atoms with Crippen LogP contribution in [0.25, 0.3) is 0 Å². The number of hydrogen-bond acceptors (Lipinski definition) is 4. The van der Waals surface area contributed by atoms with Gasteiger partial charge in [-0.3, -0.25) is 14.5 Å². The Morgan fingerprint density at radius 2 is 1.65 bits per heavy atom. The van der Waals surface area contributed by atoms with E-state index in [4.69, 9.17) is 5.11 Å². The fourth-order valence-electron chi connectivity index (χ4n) is 4.89. The highest BCUT2D eigenvalue weighted by atomic mass is 32.1. The molecule has 3 rings (SSSR count). The van der Waals surface area contributed by atoms with Crippen molar-refractivity contribution in [3.63, 3.8) is 0 Å². The number of carbonyl (C=O) groups excluding carboxylic acids is 1. The molecule has 2 aromatic carbocycles. The van der Waals surface area contributed by atoms with Gasteiger partial charge in [0.05, 0.1) is 6.42 Å². The van der Waals surface area contributed by atoms with Gasteiger partial charge in [0.15, 0.2) is 0 Å². The Labute approximate surface area is 209 Å². The first-order valence-electron chi connectivity index (χ1n) is 12.2. The van der Waals surface area contributed by atoms with E-state index < -0.39 is 5.97 Å². The van der Waals surface area contributed by atoms with E-state index in [0.29, 0.717) is 17.0 Å². The molecule has 1 amide bonds. The SMILES string of the molecule is CC(C)(C)C1CCC(N(Cc2ccc(C(=O)NCCC(=O)O)cc2)Cc2cccc(S)c2)CC1. The summed E-state index contributed by atoms with van der Waals surface area (Å²) >= 11 is 4.52. The molecule has 0 bridgehead atoms. The number of carboxylic acids is 1. The van der Waals surface area contributed by atoms with E-state index in [1.54, 1.807) is 0 Å². The summed E-state index contributed by atoms with van der Waals surface area (Å²) in [5, 5.41) is 11.4. The van der Waals surface area contributed by atoms with Crippen LogP contribution < -0.4 is 5.32 Å². The Hall–Kier alpha value is -2.31. The Kier molecular flexibility index (Phi) is 9.20. The lowest BCUT2D eigenvalue weighted by Gasteiger charge is -2.41. The number of nitrogens with one attached hydrogen (secondary N) is 1. The number of rotatable bonds is 9. The van der Waals surface area contributed by atoms with Gasteiger partial charge in [0.25, 0.3) is 5.91 Å². The molecule has 1 fully saturated rings. The van der Waals surface area contributed by atoms with E-state index in [1.165, 1.54) is 36.8 Å². The molecule has 5 nitrogen and oxygen atoms in total. The molecule has 0 heterocycles. The van der Waals surface area contributed by atoms with Gasteiger partial charge in [0.1, 0.15) is 0 Å². The average Bonchev–Trinajstić information content (AvgIpc) is 2.78. The smallest absolute Gasteiger partial charge is 0.305 e. The van der Waals surface area contributed by atoms with Gasteiger partial charge in [-0.25, -0.2) is 0 Å². The third-order valence-electron chi connectivity index (χ3n) is 6.96. The molecule has 184 valence electrons. The molecule has 0 atom stereocenters. The third kappa shape index (κ3) is 7.88. The van der Waals surface area contributed by atoms with Gasteiger partial charge in [0, 0.05) is 36.1 Å². The molecule has 34 heavy (non-hydrogen) atoms. The lowest BCUT2D eigenvalue weighted by molar-refractivity contribution is -0.136. The number of nitrogens with zero attached hydrogens (tertiary/aromatic N) is 1. The Morgan fingerprint density at radius 1 is 1.00 bits per heavy atom. The topological polar surface area (TPSA) is 69.6 Å². The zero-order chi connectivity index (χ0) is 24.7. The van der Waals surface area contributed by atoms with Crippen LogP contribution in [0.3, 0.4) is 0 Å². The van der Waals surface area contributed by atoms with Crippen molar-refractivity contribution in [1.29, 1.82) is 0 Å². The van der Waals surface area contributed by atoms with E-state index in [0.717, 1.165) is 23.9 Å². The number of hydrogen-bond donors (Lipinski definition) is 3. The molecule has 0 spiro atoms. The Morgan fingerprint density at radius 3 is 2.24 bits per heavy atom. The van der Waals surface area contributed by atoms with Crippen molar-refractivity contribution >= 4 is 24.5 Å². The number of carboxylic acid groups (broad SMARTS) is 1. The van der Waals surface area contributed by atoms with Gasteiger partial charge in [0.2, 0.25) is 0 Å². The van der Waals surface area contributed by atoms with Gasteiger partial charge in [-0.2, -0.15) is 0 Å². The van der Waals surface area contributed by atoms with Crippen molar-refractivity contribution in [2.45, 2.75) is 76.9 Å². The zero-order valence-electron chi connectivity index (χ0n) is 20.6. The lowest BCUT2D eigenvalue weighted by Crippen LogP contribution is -2.39. The summed E-state index contributed by atoms with van der Waals surface area (Å²) < 4.78 is 0. The largest absolute Gasteiger partial charge is 0.481 e. The first kappa shape index (κ1) is 26.3. The number of aliphatic carboxylic acids is 1. The van der Waals surface area contributed by atoms with Crippen LogP contribution in [0, 0.1) is 11.3 Å². The molecule has 0 aliphatic heterocycles. The molecular weight excluding hydrogens is 444 g/mol. The van der Waals surface area contributed by atoms with Crippen LogP contribution in [-0.2, 0) is 17.9 Å². The molecule has 1 saturated carbocycles. The van der Waals surface area contributed by atoms with E-state index in [1.807, 2.05) is 30.3 Å². The van der Waals surface area contributed by atoms with Crippen molar-refractivity contribution in [3.05, 3.63) is 65.2 Å². The molecule has 6 heteroatoms. The molecule has 1 aliphatic carbocycles. The summed E-state index contributed by atoms with van der Waals surface area (Å²) in [4.78, 5) is 26.5. The van der Waals surface area contributed by atoms with Crippen LogP contribution in [0.15, 0.2) is 53.4 Å². The molecule has 2 aromatic rings. The van der Waals surface area contributed by atoms with Gasteiger partial charge < -0.3 is 10.4 Å². The monoisotopic (exact) mass is 482 g/mol. The highest BCUT2D eigenvalue weighted by Gasteiger charge is 2.32. The molecule has 0 saturated heterocycles. The highest BCUT2D eigenvalue weighted by Crippen LogP contribution is 2.39. The summed E-state index contributed by atoms with van der Waals surface area (Å²) in [5.41, 5.74) is 3.34. The summed E-state index contributed by atoms with van der Waals surface area (Å²) in [6.07, 6.45) is 4.84. The average molecular weight is 483 g/mol. The summed E-state index contributed by atoms with van der Waals surface area (Å²) in [6, 6.07) is 16.6. The van der Waals surface area contributed by atoms with E-state index in [-0.39, 0.29) is 18.9 Å². The molecule has 0 radical (unpaired) electrons. The standard InChI is InChI=1S/C28H38N2O3S/c1-28(2,3)23-11-13-24(14-12-23)30(19-21-5-4-6-25(34)17-21)18-20-7-9-22(10-8-20)27(33)29-16-15-26(31)32/h4-10,17,23-24,34H,11-16,18-19H2,1-3H3,(H,29,33)(H,31,32). The van der Waals surface area contributed by atoms with Crippen LogP contribution in [0.4, 0.5) is 0 Å². The van der Waals surface area contributed by atoms with Crippen LogP contribution in [0.2, 0.25) is 0 Å². The molecule has 0 aromatic heterocycles. The van der Waals surface area contributed by atoms with E-state index in [2.05, 4.69) is 61.8 Å². The van der Waals surface area contributed by atoms with Crippen LogP contribution in [-0.4, -0.2) is 34.5 Å². The fourth-order valence-corrected chi connectivity index (χ4v) is 5.14. The molecule has 0 unspecified atom stereocenters. The van der Waals surface area contributed by atoms with Crippen LogP contribution in [0.5, 0.6) is 0 Å². The highest BCUT2D eigenvalue weighted by molar-refractivity contribution is 7.80. The van der Waals surface area contributed by atoms with Gasteiger partial charge >= 0.3 is 5.97 Å². The van der Waals surface area contributed by atoms with Crippen molar-refractivity contribution < 1.29 is 14.7 Å². The molecular formula is C28H38N2O3S. The predicted molar refractivity (Wildman–Crippen MR) is 139 cm³/mol. The second-order valence-corrected chi connectivity index (χ2v) is 11.1. The predicted octanol–water partition coefficient (Wildman–Crippen LogP) is 5.79. The van der Waals surface area contributed by atoms with Gasteiger partial charge in [-0.1, -0.05) is 45.0 Å². The number of carbonyl (C=O) groups is 2. The number of amides is 1. The Balaban J connectivity index is 1.68. The maximum absolute atomic E-state index is 12.3. The van der Waals surface area contributed by atoms with E-state index in [9.17, 15) is 9.59 Å². The maximum Gasteiger partial charge on any atom is 0.305 e. The van der Waals surface area contributed by atoms with Gasteiger partial charge in [-0.05, 0) is 72.4 Å². The van der Waals surface area contributed by atoms with Gasteiger partial charge in [-0.15, -0.1) is 12.6 Å². The summed E-state index contributed by atoms with van der Waals surface area (Å²) in [6.45, 7) is 8.89. The number of benzene rings is 2. The zero-order valence-corrected chi connectivity index (χ0v) is 21.5. The lowest BCUT2D eigenvalue weighted by atomic mass is 9.71. The fraction of sp³-hybridized carbons (Fsp3) is 0.500. The number of thiol groups is 1. The first-order chi connectivity index (χ1) is 16.1. The first-order valence-corrected chi connectivity index (χ1v) is 12.7. The normalized spacial score (nSPS) is 18.6. The molecule has 1 aliphatic rings. The summed E-state index contributed by atoms with van der Waals surface area (Å²) in [5.74, 6) is -0.392. The maximum atomic E-state index is 12.3. The second-order valence-electron chi connectivity index (χ2n) is 10.5. The van der Waals surface area contributed by atoms with Crippen LogP contribution in [0.1, 0.15) is 74.4 Å². The third-order valence-corrected chi connectivity index (χ3v) is 7.24. The van der Waals surface area contributed by atoms with Crippen molar-refractivity contribution in [3.8, 4) is 0 Å². The van der Waals surface area contributed by atoms with Crippen molar-refractivity contribution in [1.82, 2.24) is 10.2 Å².